The van der Waals surface area contributed by atoms with Crippen molar-refractivity contribution in [3.8, 4) is 0 Å². The fourth-order valence-electron chi connectivity index (χ4n) is 2.21. The Hall–Kier alpha value is -1.71. The molecule has 1 atom stereocenters. The van der Waals surface area contributed by atoms with Crippen LogP contribution in [0.2, 0.25) is 0 Å². The zero-order chi connectivity index (χ0) is 15.7. The Balaban J connectivity index is 0.00000192. The van der Waals surface area contributed by atoms with Gasteiger partial charge in [-0.25, -0.2) is 8.42 Å². The summed E-state index contributed by atoms with van der Waals surface area (Å²) in [5, 5.41) is 7.04. The Labute approximate surface area is 140 Å². The summed E-state index contributed by atoms with van der Waals surface area (Å²) in [5.74, 6) is 1.19. The van der Waals surface area contributed by atoms with Crippen molar-refractivity contribution in [1.29, 1.82) is 0 Å². The third-order valence-corrected chi connectivity index (χ3v) is 4.69. The number of allylic oxidation sites excluding steroid dienone is 2. The maximum Gasteiger partial charge on any atom is 0.261 e. The average Bonchev–Trinajstić information content (AvgIpc) is 2.93. The zero-order valence-corrected chi connectivity index (χ0v) is 14.4. The number of aromatic nitrogens is 2. The van der Waals surface area contributed by atoms with E-state index in [0.717, 1.165) is 0 Å². The van der Waals surface area contributed by atoms with Crippen LogP contribution in [-0.4, -0.2) is 54.7 Å². The van der Waals surface area contributed by atoms with Crippen LogP contribution in [0.3, 0.4) is 0 Å². The Bertz CT molecular complexity index is 768. The van der Waals surface area contributed by atoms with E-state index in [2.05, 4.69) is 19.9 Å². The SMILES string of the molecule is CNC(C)Cc1noc(C2=CC=CN3CCS(=O)(=O)N=C23)n1.Cl. The number of likely N-dealkylation sites (N-methyl/N-ethyl adjacent to an activating group) is 1. The molecule has 1 N–H and O–H groups in total. The van der Waals surface area contributed by atoms with E-state index in [1.54, 1.807) is 17.2 Å². The molecule has 0 aromatic carbocycles. The van der Waals surface area contributed by atoms with E-state index < -0.39 is 10.0 Å². The summed E-state index contributed by atoms with van der Waals surface area (Å²) in [4.78, 5) is 6.11. The lowest BCUT2D eigenvalue weighted by Crippen LogP contribution is -2.37. The summed E-state index contributed by atoms with van der Waals surface area (Å²) in [6.07, 6.45) is 5.95. The fourth-order valence-corrected chi connectivity index (χ4v) is 3.19. The standard InChI is InChI=1S/C13H17N5O3S.ClH/c1-9(14-2)8-11-15-13(21-16-11)10-4-3-5-18-6-7-22(19,20)17-12(10)18;/h3-5,9,14H,6-8H2,1-2H3;1H. The van der Waals surface area contributed by atoms with Gasteiger partial charge < -0.3 is 14.7 Å². The topological polar surface area (TPSA) is 101 Å². The molecule has 1 aromatic rings. The number of amidine groups is 1. The molecule has 0 saturated carbocycles. The summed E-state index contributed by atoms with van der Waals surface area (Å²) >= 11 is 0. The maximum atomic E-state index is 11.7. The third-order valence-electron chi connectivity index (χ3n) is 3.54. The van der Waals surface area contributed by atoms with Gasteiger partial charge in [-0.15, -0.1) is 16.8 Å². The number of halogens is 1. The highest BCUT2D eigenvalue weighted by molar-refractivity contribution is 7.90. The molecule has 2 aliphatic rings. The molecule has 10 heteroatoms. The molecule has 1 unspecified atom stereocenters. The van der Waals surface area contributed by atoms with Crippen LogP contribution >= 0.6 is 12.4 Å². The molecular formula is C13H18ClN5O3S. The molecule has 0 saturated heterocycles. The van der Waals surface area contributed by atoms with Crippen molar-refractivity contribution in [2.75, 3.05) is 19.3 Å². The van der Waals surface area contributed by atoms with Crippen LogP contribution in [0.25, 0.3) is 5.57 Å². The van der Waals surface area contributed by atoms with Gasteiger partial charge in [-0.1, -0.05) is 5.16 Å². The van der Waals surface area contributed by atoms with Gasteiger partial charge in [0, 0.05) is 25.2 Å². The molecule has 0 bridgehead atoms. The van der Waals surface area contributed by atoms with E-state index in [-0.39, 0.29) is 30.1 Å². The summed E-state index contributed by atoms with van der Waals surface area (Å²) in [5.41, 5.74) is 0.529. The predicted molar refractivity (Wildman–Crippen MR) is 88.8 cm³/mol. The van der Waals surface area contributed by atoms with E-state index in [0.29, 0.717) is 30.2 Å². The van der Waals surface area contributed by atoms with Crippen LogP contribution in [0.5, 0.6) is 0 Å². The van der Waals surface area contributed by atoms with Gasteiger partial charge in [0.15, 0.2) is 11.7 Å². The second-order valence-corrected chi connectivity index (χ2v) is 6.98. The second-order valence-electron chi connectivity index (χ2n) is 5.23. The molecule has 0 fully saturated rings. The Kier molecular flexibility index (Phi) is 5.23. The Morgan fingerprint density at radius 1 is 1.48 bits per heavy atom. The lowest BCUT2D eigenvalue weighted by Gasteiger charge is -2.27. The van der Waals surface area contributed by atoms with Crippen molar-refractivity contribution >= 4 is 33.8 Å². The molecule has 0 radical (unpaired) electrons. The highest BCUT2D eigenvalue weighted by Gasteiger charge is 2.30. The summed E-state index contributed by atoms with van der Waals surface area (Å²) in [7, 11) is -1.58. The predicted octanol–water partition coefficient (Wildman–Crippen LogP) is 0.596. The van der Waals surface area contributed by atoms with Crippen molar-refractivity contribution in [2.45, 2.75) is 19.4 Å². The van der Waals surface area contributed by atoms with Gasteiger partial charge in [0.25, 0.3) is 15.9 Å². The van der Waals surface area contributed by atoms with Crippen molar-refractivity contribution in [3.05, 3.63) is 30.1 Å². The number of nitrogens with one attached hydrogen (secondary N) is 1. The van der Waals surface area contributed by atoms with Crippen molar-refractivity contribution in [3.63, 3.8) is 0 Å². The van der Waals surface area contributed by atoms with Gasteiger partial charge >= 0.3 is 0 Å². The number of hydrogen-bond donors (Lipinski definition) is 1. The summed E-state index contributed by atoms with van der Waals surface area (Å²) in [6, 6.07) is 0.217. The van der Waals surface area contributed by atoms with Crippen LogP contribution in [0.4, 0.5) is 0 Å². The summed E-state index contributed by atoms with van der Waals surface area (Å²) in [6.45, 7) is 2.38. The van der Waals surface area contributed by atoms with Gasteiger partial charge in [0.2, 0.25) is 0 Å². The minimum Gasteiger partial charge on any atom is -0.334 e. The van der Waals surface area contributed by atoms with E-state index in [1.807, 2.05) is 20.0 Å². The first-order valence-electron chi connectivity index (χ1n) is 6.97. The van der Waals surface area contributed by atoms with E-state index in [9.17, 15) is 8.42 Å². The van der Waals surface area contributed by atoms with Gasteiger partial charge in [-0.3, -0.25) is 0 Å². The minimum atomic E-state index is -3.44. The fraction of sp³-hybridized carbons (Fsp3) is 0.462. The molecule has 0 spiro atoms. The highest BCUT2D eigenvalue weighted by atomic mass is 35.5. The monoisotopic (exact) mass is 359 g/mol. The molecule has 3 rings (SSSR count). The third kappa shape index (κ3) is 3.80. The zero-order valence-electron chi connectivity index (χ0n) is 12.8. The lowest BCUT2D eigenvalue weighted by atomic mass is 10.1. The summed E-state index contributed by atoms with van der Waals surface area (Å²) < 4.78 is 32.6. The van der Waals surface area contributed by atoms with Crippen LogP contribution in [0.15, 0.2) is 27.3 Å². The molecule has 126 valence electrons. The molecule has 0 aliphatic carbocycles. The molecule has 3 heterocycles. The van der Waals surface area contributed by atoms with Gasteiger partial charge in [-0.05, 0) is 26.1 Å². The first kappa shape index (κ1) is 17.6. The number of fused-ring (bicyclic) bond motifs is 1. The van der Waals surface area contributed by atoms with Gasteiger partial charge in [0.1, 0.15) is 0 Å². The van der Waals surface area contributed by atoms with Crippen LogP contribution in [-0.2, 0) is 16.4 Å². The van der Waals surface area contributed by atoms with Crippen LogP contribution < -0.4 is 5.32 Å². The van der Waals surface area contributed by atoms with Gasteiger partial charge in [0.05, 0.1) is 11.3 Å². The lowest BCUT2D eigenvalue weighted by molar-refractivity contribution is 0.397. The number of sulfonamides is 1. The van der Waals surface area contributed by atoms with Gasteiger partial charge in [-0.2, -0.15) is 4.98 Å². The van der Waals surface area contributed by atoms with Crippen LogP contribution in [0.1, 0.15) is 18.6 Å². The molecule has 2 aliphatic heterocycles. The normalized spacial score (nSPS) is 20.2. The van der Waals surface area contributed by atoms with Crippen molar-refractivity contribution < 1.29 is 12.9 Å². The van der Waals surface area contributed by atoms with E-state index in [4.69, 9.17) is 4.52 Å². The first-order chi connectivity index (χ1) is 10.5. The van der Waals surface area contributed by atoms with E-state index in [1.165, 1.54) is 0 Å². The second kappa shape index (κ2) is 6.81. The van der Waals surface area contributed by atoms with Crippen molar-refractivity contribution in [1.82, 2.24) is 20.4 Å². The smallest absolute Gasteiger partial charge is 0.261 e. The first-order valence-corrected chi connectivity index (χ1v) is 8.58. The van der Waals surface area contributed by atoms with E-state index >= 15 is 0 Å². The maximum absolute atomic E-state index is 11.7. The largest absolute Gasteiger partial charge is 0.334 e. The molecule has 23 heavy (non-hydrogen) atoms. The Morgan fingerprint density at radius 2 is 2.26 bits per heavy atom. The number of hydrogen-bond acceptors (Lipinski definition) is 7. The number of rotatable bonds is 4. The molecule has 0 amide bonds. The number of nitrogens with zero attached hydrogens (tertiary/aromatic N) is 4. The molecule has 8 nitrogen and oxygen atoms in total. The minimum absolute atomic E-state index is 0. The molecular weight excluding hydrogens is 342 g/mol. The Morgan fingerprint density at radius 3 is 3.00 bits per heavy atom. The highest BCUT2D eigenvalue weighted by Crippen LogP contribution is 2.24. The molecule has 1 aromatic heterocycles. The van der Waals surface area contributed by atoms with Crippen LogP contribution in [0, 0.1) is 0 Å². The average molecular weight is 360 g/mol. The van der Waals surface area contributed by atoms with Crippen molar-refractivity contribution in [2.24, 2.45) is 4.40 Å². The quantitative estimate of drug-likeness (QED) is 0.839.